The molecule has 3 rings (SSSR count). The van der Waals surface area contributed by atoms with Crippen molar-refractivity contribution in [3.05, 3.63) is 30.6 Å². The van der Waals surface area contributed by atoms with E-state index in [-0.39, 0.29) is 5.97 Å². The molecule has 2 N–H and O–H groups in total. The highest BCUT2D eigenvalue weighted by Crippen LogP contribution is 2.32. The van der Waals surface area contributed by atoms with Gasteiger partial charge in [-0.1, -0.05) is 17.8 Å². The summed E-state index contributed by atoms with van der Waals surface area (Å²) in [5, 5.41) is 0.739. The van der Waals surface area contributed by atoms with Gasteiger partial charge < -0.3 is 19.8 Å². The minimum absolute atomic E-state index is 0.293. The van der Waals surface area contributed by atoms with Crippen LogP contribution >= 0.6 is 11.8 Å². The number of aromatic nitrogens is 4. The van der Waals surface area contributed by atoms with Gasteiger partial charge in [-0.25, -0.2) is 15.0 Å². The number of carbonyl (C=O) groups is 1. The molecule has 0 atom stereocenters. The minimum atomic E-state index is -0.293. The van der Waals surface area contributed by atoms with Gasteiger partial charge in [0.15, 0.2) is 22.1 Å². The van der Waals surface area contributed by atoms with Gasteiger partial charge in [-0.3, -0.25) is 4.79 Å². The number of imidazole rings is 1. The number of fused-ring (bicyclic) bond motifs is 1. The zero-order valence-electron chi connectivity index (χ0n) is 14.5. The Kier molecular flexibility index (Phi) is 5.57. The number of nitrogens with two attached hydrogens (primary N) is 1. The summed E-state index contributed by atoms with van der Waals surface area (Å²) in [6.07, 6.45) is 2.06. The number of methoxy groups -OCH3 is 1. The van der Waals surface area contributed by atoms with E-state index in [1.807, 2.05) is 28.8 Å². The molecule has 9 heteroatoms. The van der Waals surface area contributed by atoms with Crippen molar-refractivity contribution < 1.29 is 14.3 Å². The summed E-state index contributed by atoms with van der Waals surface area (Å²) >= 11 is 1.48. The Morgan fingerprint density at radius 2 is 2.19 bits per heavy atom. The van der Waals surface area contributed by atoms with Crippen LogP contribution in [0.15, 0.2) is 40.6 Å². The van der Waals surface area contributed by atoms with Crippen LogP contribution in [-0.4, -0.2) is 39.2 Å². The van der Waals surface area contributed by atoms with E-state index < -0.39 is 0 Å². The summed E-state index contributed by atoms with van der Waals surface area (Å²) < 4.78 is 12.2. The molecule has 0 radical (unpaired) electrons. The zero-order valence-corrected chi connectivity index (χ0v) is 15.3. The molecule has 8 nitrogen and oxygen atoms in total. The standard InChI is InChI=1S/C17H19N5O3S/c1-11(23)25-8-4-7-22-16-14(15(18)19-10-20-16)21-17(22)26-13-6-3-5-12(9-13)24-2/h3,5-6,9-10H,4,7-8H2,1-2H3,(H2,18,19,20). The fraction of sp³-hybridized carbons (Fsp3) is 0.294. The number of hydrogen-bond acceptors (Lipinski definition) is 8. The molecule has 26 heavy (non-hydrogen) atoms. The molecule has 0 saturated heterocycles. The van der Waals surface area contributed by atoms with Crippen LogP contribution in [-0.2, 0) is 16.1 Å². The molecule has 0 bridgehead atoms. The summed E-state index contributed by atoms with van der Waals surface area (Å²) in [6, 6.07) is 7.71. The van der Waals surface area contributed by atoms with E-state index >= 15 is 0 Å². The first kappa shape index (κ1) is 18.0. The lowest BCUT2D eigenvalue weighted by molar-refractivity contribution is -0.141. The monoisotopic (exact) mass is 373 g/mol. The molecule has 136 valence electrons. The van der Waals surface area contributed by atoms with Crippen LogP contribution in [0.5, 0.6) is 5.75 Å². The van der Waals surface area contributed by atoms with Crippen molar-refractivity contribution in [1.82, 2.24) is 19.5 Å². The van der Waals surface area contributed by atoms with E-state index in [2.05, 4.69) is 15.0 Å². The van der Waals surface area contributed by atoms with E-state index in [4.69, 9.17) is 15.2 Å². The van der Waals surface area contributed by atoms with E-state index in [9.17, 15) is 4.79 Å². The van der Waals surface area contributed by atoms with Crippen molar-refractivity contribution in [3.8, 4) is 5.75 Å². The number of carbonyl (C=O) groups excluding carboxylic acids is 1. The number of aryl methyl sites for hydroxylation is 1. The molecule has 0 aliphatic rings. The highest BCUT2D eigenvalue weighted by Gasteiger charge is 2.16. The summed E-state index contributed by atoms with van der Waals surface area (Å²) in [6.45, 7) is 2.32. The fourth-order valence-electron chi connectivity index (χ4n) is 2.42. The number of anilines is 1. The Balaban J connectivity index is 1.90. The maximum atomic E-state index is 10.9. The lowest BCUT2D eigenvalue weighted by Crippen LogP contribution is -2.07. The van der Waals surface area contributed by atoms with Crippen LogP contribution in [0.3, 0.4) is 0 Å². The Morgan fingerprint density at radius 1 is 1.35 bits per heavy atom. The average molecular weight is 373 g/mol. The van der Waals surface area contributed by atoms with Crippen LogP contribution in [0.2, 0.25) is 0 Å². The van der Waals surface area contributed by atoms with Gasteiger partial charge in [0, 0.05) is 18.4 Å². The van der Waals surface area contributed by atoms with Gasteiger partial charge in [0.25, 0.3) is 0 Å². The smallest absolute Gasteiger partial charge is 0.302 e. The first-order valence-electron chi connectivity index (χ1n) is 8.00. The van der Waals surface area contributed by atoms with Crippen molar-refractivity contribution in [1.29, 1.82) is 0 Å². The molecule has 0 aliphatic carbocycles. The molecule has 0 fully saturated rings. The van der Waals surface area contributed by atoms with Crippen LogP contribution in [0.1, 0.15) is 13.3 Å². The highest BCUT2D eigenvalue weighted by atomic mass is 32.2. The van der Waals surface area contributed by atoms with Gasteiger partial charge in [0.2, 0.25) is 0 Å². The SMILES string of the molecule is COc1cccc(Sc2nc3c(N)ncnc3n2CCCOC(C)=O)c1. The molecule has 2 heterocycles. The Hall–Kier alpha value is -2.81. The van der Waals surface area contributed by atoms with E-state index in [1.165, 1.54) is 25.0 Å². The van der Waals surface area contributed by atoms with Gasteiger partial charge in [-0.2, -0.15) is 0 Å². The first-order chi connectivity index (χ1) is 12.6. The third-order valence-electron chi connectivity index (χ3n) is 3.61. The van der Waals surface area contributed by atoms with E-state index in [0.29, 0.717) is 36.6 Å². The van der Waals surface area contributed by atoms with Crippen LogP contribution in [0, 0.1) is 0 Å². The Labute approximate surface area is 154 Å². The second-order valence-corrected chi connectivity index (χ2v) is 6.49. The second kappa shape index (κ2) is 8.05. The van der Waals surface area contributed by atoms with Gasteiger partial charge in [-0.05, 0) is 24.6 Å². The van der Waals surface area contributed by atoms with Gasteiger partial charge in [0.1, 0.15) is 12.1 Å². The third kappa shape index (κ3) is 4.05. The number of hydrogen-bond donors (Lipinski definition) is 1. The molecule has 0 aliphatic heterocycles. The highest BCUT2D eigenvalue weighted by molar-refractivity contribution is 7.99. The van der Waals surface area contributed by atoms with E-state index in [1.54, 1.807) is 7.11 Å². The third-order valence-corrected chi connectivity index (χ3v) is 4.59. The number of benzene rings is 1. The molecular weight excluding hydrogens is 354 g/mol. The van der Waals surface area contributed by atoms with Crippen molar-refractivity contribution in [2.24, 2.45) is 0 Å². The number of nitrogen functional groups attached to an aromatic ring is 1. The maximum Gasteiger partial charge on any atom is 0.302 e. The molecule has 3 aromatic rings. The van der Waals surface area contributed by atoms with Crippen molar-refractivity contribution in [3.63, 3.8) is 0 Å². The van der Waals surface area contributed by atoms with Crippen molar-refractivity contribution in [2.75, 3.05) is 19.5 Å². The lowest BCUT2D eigenvalue weighted by atomic mass is 10.3. The number of ether oxygens (including phenoxy) is 2. The molecule has 0 amide bonds. The predicted octanol–water partition coefficient (Wildman–Crippen LogP) is 2.52. The molecule has 1 aromatic carbocycles. The maximum absolute atomic E-state index is 10.9. The van der Waals surface area contributed by atoms with Crippen LogP contribution in [0.4, 0.5) is 5.82 Å². The largest absolute Gasteiger partial charge is 0.497 e. The summed E-state index contributed by atoms with van der Waals surface area (Å²) in [5.41, 5.74) is 7.17. The van der Waals surface area contributed by atoms with Crippen molar-refractivity contribution in [2.45, 2.75) is 29.9 Å². The van der Waals surface area contributed by atoms with Crippen molar-refractivity contribution >= 4 is 34.7 Å². The van der Waals surface area contributed by atoms with Gasteiger partial charge in [0.05, 0.1) is 13.7 Å². The second-order valence-electron chi connectivity index (χ2n) is 5.45. The number of esters is 1. The Bertz CT molecular complexity index is 928. The van der Waals surface area contributed by atoms with E-state index in [0.717, 1.165) is 15.8 Å². The molecule has 0 spiro atoms. The molecular formula is C17H19N5O3S. The Morgan fingerprint density at radius 3 is 2.96 bits per heavy atom. The number of nitrogens with zero attached hydrogens (tertiary/aromatic N) is 4. The molecule has 0 unspecified atom stereocenters. The fourth-order valence-corrected chi connectivity index (χ4v) is 3.38. The summed E-state index contributed by atoms with van der Waals surface area (Å²) in [4.78, 5) is 24.8. The van der Waals surface area contributed by atoms with Crippen LogP contribution < -0.4 is 10.5 Å². The van der Waals surface area contributed by atoms with Gasteiger partial charge >= 0.3 is 5.97 Å². The molecule has 0 saturated carbocycles. The average Bonchev–Trinajstić information content (AvgIpc) is 2.97. The normalized spacial score (nSPS) is 10.8. The van der Waals surface area contributed by atoms with Gasteiger partial charge in [-0.15, -0.1) is 0 Å². The topological polar surface area (TPSA) is 105 Å². The first-order valence-corrected chi connectivity index (χ1v) is 8.82. The minimum Gasteiger partial charge on any atom is -0.497 e. The lowest BCUT2D eigenvalue weighted by Gasteiger charge is -2.09. The zero-order chi connectivity index (χ0) is 18.5. The summed E-state index contributed by atoms with van der Waals surface area (Å²) in [5.74, 6) is 0.811. The summed E-state index contributed by atoms with van der Waals surface area (Å²) in [7, 11) is 1.63. The predicted molar refractivity (Wildman–Crippen MR) is 98.1 cm³/mol. The number of rotatable bonds is 7. The molecule has 2 aromatic heterocycles. The van der Waals surface area contributed by atoms with Crippen LogP contribution in [0.25, 0.3) is 11.2 Å². The quantitative estimate of drug-likeness (QED) is 0.497.